The number of hydrazone groups is 1. The number of hydrogen-bond donors (Lipinski definition) is 2. The molecule has 2 rings (SSSR count). The predicted molar refractivity (Wildman–Crippen MR) is 91.8 cm³/mol. The first kappa shape index (κ1) is 17.9. The van der Waals surface area contributed by atoms with Crippen LogP contribution in [0.2, 0.25) is 10.0 Å². The molecule has 2 N–H and O–H groups in total. The van der Waals surface area contributed by atoms with Gasteiger partial charge < -0.3 is 5.32 Å². The summed E-state index contributed by atoms with van der Waals surface area (Å²) in [6.45, 7) is 1.61. The van der Waals surface area contributed by atoms with Crippen molar-refractivity contribution in [3.8, 4) is 0 Å². The van der Waals surface area contributed by atoms with Crippen LogP contribution in [0.1, 0.15) is 12.5 Å². The fourth-order valence-corrected chi connectivity index (χ4v) is 2.05. The monoisotopic (exact) mass is 367 g/mol. The highest BCUT2D eigenvalue weighted by Crippen LogP contribution is 2.25. The number of nitrogens with zero attached hydrogens (tertiary/aromatic N) is 1. The zero-order valence-electron chi connectivity index (χ0n) is 12.4. The van der Waals surface area contributed by atoms with Crippen LogP contribution in [-0.2, 0) is 9.59 Å². The van der Waals surface area contributed by atoms with E-state index in [9.17, 15) is 14.0 Å². The fourth-order valence-electron chi connectivity index (χ4n) is 1.71. The molecule has 0 heterocycles. The van der Waals surface area contributed by atoms with E-state index in [1.165, 1.54) is 36.4 Å². The van der Waals surface area contributed by atoms with Crippen molar-refractivity contribution < 1.29 is 14.0 Å². The Kier molecular flexibility index (Phi) is 5.89. The van der Waals surface area contributed by atoms with E-state index < -0.39 is 11.8 Å². The second-order valence-electron chi connectivity index (χ2n) is 4.72. The van der Waals surface area contributed by atoms with Gasteiger partial charge in [0.2, 0.25) is 0 Å². The van der Waals surface area contributed by atoms with Gasteiger partial charge in [-0.15, -0.1) is 0 Å². The van der Waals surface area contributed by atoms with Crippen LogP contribution in [-0.4, -0.2) is 17.5 Å². The van der Waals surface area contributed by atoms with Crippen molar-refractivity contribution in [3.63, 3.8) is 0 Å². The molecule has 8 heteroatoms. The van der Waals surface area contributed by atoms with E-state index in [4.69, 9.17) is 23.2 Å². The van der Waals surface area contributed by atoms with Gasteiger partial charge in [0, 0.05) is 5.02 Å². The molecule has 0 aliphatic rings. The summed E-state index contributed by atoms with van der Waals surface area (Å²) in [4.78, 5) is 23.6. The van der Waals surface area contributed by atoms with Gasteiger partial charge >= 0.3 is 11.8 Å². The first-order valence-corrected chi connectivity index (χ1v) is 7.49. The van der Waals surface area contributed by atoms with E-state index in [-0.39, 0.29) is 16.5 Å². The molecule has 0 atom stereocenters. The van der Waals surface area contributed by atoms with Crippen LogP contribution in [0.15, 0.2) is 47.6 Å². The minimum Gasteiger partial charge on any atom is -0.316 e. The summed E-state index contributed by atoms with van der Waals surface area (Å²) in [5.74, 6) is -2.31. The molecule has 124 valence electrons. The molecular formula is C16H12Cl2FN3O2. The average molecular weight is 368 g/mol. The van der Waals surface area contributed by atoms with Crippen LogP contribution in [0.3, 0.4) is 0 Å². The zero-order valence-corrected chi connectivity index (χ0v) is 14.0. The van der Waals surface area contributed by atoms with Gasteiger partial charge in [-0.25, -0.2) is 9.82 Å². The molecule has 2 amide bonds. The van der Waals surface area contributed by atoms with Crippen molar-refractivity contribution in [1.29, 1.82) is 0 Å². The summed E-state index contributed by atoms with van der Waals surface area (Å²) < 4.78 is 12.9. The highest BCUT2D eigenvalue weighted by molar-refractivity contribution is 6.42. The highest BCUT2D eigenvalue weighted by atomic mass is 35.5. The minimum absolute atomic E-state index is 0.212. The maximum absolute atomic E-state index is 12.9. The lowest BCUT2D eigenvalue weighted by Gasteiger charge is -2.07. The lowest BCUT2D eigenvalue weighted by molar-refractivity contribution is -0.136. The van der Waals surface area contributed by atoms with Gasteiger partial charge in [0.25, 0.3) is 0 Å². The van der Waals surface area contributed by atoms with Crippen molar-refractivity contribution >= 4 is 46.4 Å². The largest absolute Gasteiger partial charge is 0.329 e. The Hall–Kier alpha value is -2.44. The van der Waals surface area contributed by atoms with Gasteiger partial charge in [0.15, 0.2) is 0 Å². The van der Waals surface area contributed by atoms with Crippen molar-refractivity contribution in [2.75, 3.05) is 5.32 Å². The Morgan fingerprint density at radius 2 is 1.71 bits per heavy atom. The van der Waals surface area contributed by atoms with Crippen molar-refractivity contribution in [3.05, 3.63) is 63.9 Å². The predicted octanol–water partition coefficient (Wildman–Crippen LogP) is 3.61. The van der Waals surface area contributed by atoms with Crippen LogP contribution >= 0.6 is 23.2 Å². The van der Waals surface area contributed by atoms with E-state index in [1.54, 1.807) is 13.0 Å². The summed E-state index contributed by atoms with van der Waals surface area (Å²) in [7, 11) is 0. The van der Waals surface area contributed by atoms with Crippen molar-refractivity contribution in [1.82, 2.24) is 5.43 Å². The van der Waals surface area contributed by atoms with E-state index in [0.717, 1.165) is 0 Å². The number of halogens is 3. The SMILES string of the molecule is C/C(=N\NC(=O)C(=O)Nc1cc(Cl)ccc1Cl)c1ccc(F)cc1. The molecule has 0 unspecified atom stereocenters. The maximum atomic E-state index is 12.9. The summed E-state index contributed by atoms with van der Waals surface area (Å²) >= 11 is 11.7. The quantitative estimate of drug-likeness (QED) is 0.494. The first-order chi connectivity index (χ1) is 11.4. The molecule has 2 aromatic carbocycles. The topological polar surface area (TPSA) is 70.6 Å². The molecule has 0 saturated carbocycles. The van der Waals surface area contributed by atoms with Crippen LogP contribution in [0.25, 0.3) is 0 Å². The van der Waals surface area contributed by atoms with Gasteiger partial charge in [-0.2, -0.15) is 5.10 Å². The third-order valence-corrected chi connectivity index (χ3v) is 3.53. The van der Waals surface area contributed by atoms with Gasteiger partial charge in [0.05, 0.1) is 16.4 Å². The fraction of sp³-hybridized carbons (Fsp3) is 0.0625. The molecule has 0 aromatic heterocycles. The summed E-state index contributed by atoms with van der Waals surface area (Å²) in [6, 6.07) is 10.0. The first-order valence-electron chi connectivity index (χ1n) is 6.73. The number of carbonyl (C=O) groups excluding carboxylic acids is 2. The Balaban J connectivity index is 2.01. The van der Waals surface area contributed by atoms with Gasteiger partial charge in [-0.05, 0) is 42.8 Å². The van der Waals surface area contributed by atoms with E-state index in [0.29, 0.717) is 16.3 Å². The second kappa shape index (κ2) is 7.90. The summed E-state index contributed by atoms with van der Waals surface area (Å²) in [5, 5.41) is 6.74. The summed E-state index contributed by atoms with van der Waals surface area (Å²) in [6.07, 6.45) is 0. The third kappa shape index (κ3) is 4.78. The Morgan fingerprint density at radius 3 is 2.38 bits per heavy atom. The van der Waals surface area contributed by atoms with Crippen LogP contribution in [0.5, 0.6) is 0 Å². The smallest absolute Gasteiger partial charge is 0.316 e. The molecule has 0 spiro atoms. The van der Waals surface area contributed by atoms with Crippen molar-refractivity contribution in [2.24, 2.45) is 5.10 Å². The molecule has 0 bridgehead atoms. The molecule has 5 nitrogen and oxygen atoms in total. The number of carbonyl (C=O) groups is 2. The number of amides is 2. The highest BCUT2D eigenvalue weighted by Gasteiger charge is 2.15. The van der Waals surface area contributed by atoms with Crippen LogP contribution < -0.4 is 10.7 Å². The van der Waals surface area contributed by atoms with Gasteiger partial charge in [-0.1, -0.05) is 35.3 Å². The lowest BCUT2D eigenvalue weighted by atomic mass is 10.1. The second-order valence-corrected chi connectivity index (χ2v) is 5.57. The number of anilines is 1. The molecule has 0 fully saturated rings. The van der Waals surface area contributed by atoms with E-state index >= 15 is 0 Å². The third-order valence-electron chi connectivity index (χ3n) is 2.97. The minimum atomic E-state index is -0.979. The van der Waals surface area contributed by atoms with Gasteiger partial charge in [-0.3, -0.25) is 9.59 Å². The van der Waals surface area contributed by atoms with Crippen LogP contribution in [0, 0.1) is 5.82 Å². The van der Waals surface area contributed by atoms with Gasteiger partial charge in [0.1, 0.15) is 5.82 Å². The molecule has 24 heavy (non-hydrogen) atoms. The molecular weight excluding hydrogens is 356 g/mol. The Bertz CT molecular complexity index is 807. The average Bonchev–Trinajstić information content (AvgIpc) is 2.56. The standard InChI is InChI=1S/C16H12Cl2FN3O2/c1-9(10-2-5-12(19)6-3-10)21-22-16(24)15(23)20-14-8-11(17)4-7-13(14)18/h2-8H,1H3,(H,20,23)(H,22,24)/b21-9+. The zero-order chi connectivity index (χ0) is 17.7. The Morgan fingerprint density at radius 1 is 1.04 bits per heavy atom. The molecule has 0 aliphatic heterocycles. The number of rotatable bonds is 3. The molecule has 0 aliphatic carbocycles. The normalized spacial score (nSPS) is 11.1. The van der Waals surface area contributed by atoms with Crippen molar-refractivity contribution in [2.45, 2.75) is 6.92 Å². The van der Waals surface area contributed by atoms with Crippen LogP contribution in [0.4, 0.5) is 10.1 Å². The lowest BCUT2D eigenvalue weighted by Crippen LogP contribution is -2.33. The maximum Gasteiger partial charge on any atom is 0.329 e. The number of nitrogens with one attached hydrogen (secondary N) is 2. The Labute approximate surface area is 147 Å². The molecule has 0 radical (unpaired) electrons. The number of hydrogen-bond acceptors (Lipinski definition) is 3. The summed E-state index contributed by atoms with van der Waals surface area (Å²) in [5.41, 5.74) is 3.35. The molecule has 2 aromatic rings. The van der Waals surface area contributed by atoms with E-state index in [1.807, 2.05) is 0 Å². The van der Waals surface area contributed by atoms with E-state index in [2.05, 4.69) is 15.8 Å². The molecule has 0 saturated heterocycles. The number of benzene rings is 2.